The number of rotatable bonds is 9. The molecule has 0 saturated heterocycles. The molecule has 142 valence electrons. The number of fused-ring (bicyclic) bond motifs is 1. The van der Waals surface area contributed by atoms with Gasteiger partial charge >= 0.3 is 0 Å². The van der Waals surface area contributed by atoms with Gasteiger partial charge in [0.2, 0.25) is 0 Å². The molecule has 0 bridgehead atoms. The van der Waals surface area contributed by atoms with Gasteiger partial charge in [-0.3, -0.25) is 4.98 Å². The van der Waals surface area contributed by atoms with Crippen LogP contribution in [0.4, 0.5) is 5.69 Å². The molecule has 0 aliphatic heterocycles. The second-order valence-electron chi connectivity index (χ2n) is 7.86. The first-order valence-electron chi connectivity index (χ1n) is 10.1. The zero-order valence-corrected chi connectivity index (χ0v) is 16.5. The molecule has 0 unspecified atom stereocenters. The highest BCUT2D eigenvalue weighted by Crippen LogP contribution is 2.28. The van der Waals surface area contributed by atoms with E-state index in [9.17, 15) is 0 Å². The Morgan fingerprint density at radius 2 is 2.08 bits per heavy atom. The lowest BCUT2D eigenvalue weighted by molar-refractivity contribution is 0.176. The molecule has 0 amide bonds. The zero-order valence-electron chi connectivity index (χ0n) is 16.5. The highest BCUT2D eigenvalue weighted by molar-refractivity contribution is 5.91. The summed E-state index contributed by atoms with van der Waals surface area (Å²) < 4.78 is 5.44. The molecule has 1 aliphatic carbocycles. The Hall–Kier alpha value is -1.81. The number of hydrogen-bond donors (Lipinski definition) is 1. The molecule has 1 aliphatic rings. The average Bonchev–Trinajstić information content (AvgIpc) is 3.18. The van der Waals surface area contributed by atoms with Gasteiger partial charge in [0.05, 0.1) is 18.3 Å². The fourth-order valence-corrected chi connectivity index (χ4v) is 4.08. The molecule has 3 rings (SSSR count). The van der Waals surface area contributed by atoms with E-state index in [1.807, 2.05) is 18.3 Å². The van der Waals surface area contributed by atoms with Crippen LogP contribution in [-0.4, -0.2) is 42.7 Å². The first-order valence-corrected chi connectivity index (χ1v) is 10.1. The molecule has 0 spiro atoms. The summed E-state index contributed by atoms with van der Waals surface area (Å²) in [6, 6.07) is 8.95. The SMILES string of the molecule is COc1cc(NCCCN(CC(C)C)C2CCCC2)c2ncccc2c1. The summed E-state index contributed by atoms with van der Waals surface area (Å²) in [7, 11) is 1.71. The predicted molar refractivity (Wildman–Crippen MR) is 110 cm³/mol. The van der Waals surface area contributed by atoms with E-state index in [1.54, 1.807) is 7.11 Å². The standard InChI is InChI=1S/C22H33N3O/c1-17(2)16-25(19-9-4-5-10-19)13-7-12-23-21-15-20(26-3)14-18-8-6-11-24-22(18)21/h6,8,11,14-15,17,19,23H,4-5,7,9-10,12-13,16H2,1-3H3. The number of anilines is 1. The molecular weight excluding hydrogens is 322 g/mol. The Balaban J connectivity index is 1.59. The number of ether oxygens (including phenoxy) is 1. The molecule has 4 nitrogen and oxygen atoms in total. The van der Waals surface area contributed by atoms with Gasteiger partial charge in [-0.2, -0.15) is 0 Å². The van der Waals surface area contributed by atoms with Crippen molar-refractivity contribution in [3.05, 3.63) is 30.5 Å². The fourth-order valence-electron chi connectivity index (χ4n) is 4.08. The number of hydrogen-bond acceptors (Lipinski definition) is 4. The lowest BCUT2D eigenvalue weighted by atomic mass is 10.1. The van der Waals surface area contributed by atoms with Crippen LogP contribution in [0.2, 0.25) is 0 Å². The van der Waals surface area contributed by atoms with Crippen molar-refractivity contribution in [3.63, 3.8) is 0 Å². The van der Waals surface area contributed by atoms with Gasteiger partial charge in [0.25, 0.3) is 0 Å². The number of nitrogens with one attached hydrogen (secondary N) is 1. The van der Waals surface area contributed by atoms with Crippen LogP contribution in [0.25, 0.3) is 10.9 Å². The predicted octanol–water partition coefficient (Wildman–Crippen LogP) is 4.95. The molecule has 1 heterocycles. The van der Waals surface area contributed by atoms with Crippen molar-refractivity contribution in [2.24, 2.45) is 5.92 Å². The maximum absolute atomic E-state index is 5.44. The minimum absolute atomic E-state index is 0.732. The normalized spacial score (nSPS) is 15.3. The average molecular weight is 356 g/mol. The molecule has 0 radical (unpaired) electrons. The van der Waals surface area contributed by atoms with Crippen molar-refractivity contribution in [2.75, 3.05) is 32.1 Å². The molecule has 1 saturated carbocycles. The zero-order chi connectivity index (χ0) is 18.4. The van der Waals surface area contributed by atoms with E-state index in [0.717, 1.165) is 47.3 Å². The monoisotopic (exact) mass is 355 g/mol. The summed E-state index contributed by atoms with van der Waals surface area (Å²) in [5.74, 6) is 1.61. The van der Waals surface area contributed by atoms with Crippen LogP contribution in [0.1, 0.15) is 46.0 Å². The van der Waals surface area contributed by atoms with Gasteiger partial charge in [-0.15, -0.1) is 0 Å². The quantitative estimate of drug-likeness (QED) is 0.646. The molecule has 1 aromatic carbocycles. The summed E-state index contributed by atoms with van der Waals surface area (Å²) in [5, 5.41) is 4.71. The van der Waals surface area contributed by atoms with Gasteiger partial charge < -0.3 is 15.0 Å². The smallest absolute Gasteiger partial charge is 0.121 e. The van der Waals surface area contributed by atoms with Gasteiger partial charge in [0, 0.05) is 43.3 Å². The van der Waals surface area contributed by atoms with Crippen molar-refractivity contribution in [1.29, 1.82) is 0 Å². The summed E-state index contributed by atoms with van der Waals surface area (Å²) in [5.41, 5.74) is 2.08. The Morgan fingerprint density at radius 3 is 2.81 bits per heavy atom. The number of pyridine rings is 1. The Bertz CT molecular complexity index is 695. The number of benzene rings is 1. The van der Waals surface area contributed by atoms with Crippen molar-refractivity contribution < 1.29 is 4.74 Å². The van der Waals surface area contributed by atoms with E-state index >= 15 is 0 Å². The summed E-state index contributed by atoms with van der Waals surface area (Å²) in [4.78, 5) is 7.27. The third-order valence-electron chi connectivity index (χ3n) is 5.29. The molecule has 26 heavy (non-hydrogen) atoms. The second kappa shape index (κ2) is 9.22. The van der Waals surface area contributed by atoms with Gasteiger partial charge in [-0.05, 0) is 37.3 Å². The first kappa shape index (κ1) is 19.0. The lowest BCUT2D eigenvalue weighted by Crippen LogP contribution is -2.37. The van der Waals surface area contributed by atoms with Crippen LogP contribution < -0.4 is 10.1 Å². The van der Waals surface area contributed by atoms with Crippen LogP contribution in [0.15, 0.2) is 30.5 Å². The van der Waals surface area contributed by atoms with E-state index in [0.29, 0.717) is 0 Å². The van der Waals surface area contributed by atoms with Gasteiger partial charge in [0.15, 0.2) is 0 Å². The number of aromatic nitrogens is 1. The van der Waals surface area contributed by atoms with Gasteiger partial charge in [0.1, 0.15) is 5.75 Å². The van der Waals surface area contributed by atoms with E-state index in [4.69, 9.17) is 4.74 Å². The third kappa shape index (κ3) is 4.88. The van der Waals surface area contributed by atoms with Crippen molar-refractivity contribution in [3.8, 4) is 5.75 Å². The van der Waals surface area contributed by atoms with Crippen LogP contribution in [0.5, 0.6) is 5.75 Å². The molecule has 0 atom stereocenters. The van der Waals surface area contributed by atoms with E-state index < -0.39 is 0 Å². The first-order chi connectivity index (χ1) is 12.7. The van der Waals surface area contributed by atoms with Crippen molar-refractivity contribution in [2.45, 2.75) is 52.0 Å². The summed E-state index contributed by atoms with van der Waals surface area (Å²) in [6.07, 6.45) is 8.56. The molecule has 1 fully saturated rings. The van der Waals surface area contributed by atoms with Gasteiger partial charge in [-0.1, -0.05) is 32.8 Å². The highest BCUT2D eigenvalue weighted by atomic mass is 16.5. The topological polar surface area (TPSA) is 37.4 Å². The molecule has 4 heteroatoms. The lowest BCUT2D eigenvalue weighted by Gasteiger charge is -2.30. The van der Waals surface area contributed by atoms with Crippen LogP contribution in [0.3, 0.4) is 0 Å². The molecule has 1 aromatic heterocycles. The van der Waals surface area contributed by atoms with Crippen molar-refractivity contribution >= 4 is 16.6 Å². The van der Waals surface area contributed by atoms with E-state index in [1.165, 1.54) is 38.8 Å². The Kier molecular flexibility index (Phi) is 6.73. The largest absolute Gasteiger partial charge is 0.497 e. The Labute approximate surface area is 157 Å². The maximum atomic E-state index is 5.44. The minimum atomic E-state index is 0.732. The Morgan fingerprint density at radius 1 is 1.27 bits per heavy atom. The highest BCUT2D eigenvalue weighted by Gasteiger charge is 2.22. The minimum Gasteiger partial charge on any atom is -0.497 e. The summed E-state index contributed by atoms with van der Waals surface area (Å²) in [6.45, 7) is 8.00. The van der Waals surface area contributed by atoms with Crippen LogP contribution in [-0.2, 0) is 0 Å². The van der Waals surface area contributed by atoms with Crippen LogP contribution in [0, 0.1) is 5.92 Å². The number of nitrogens with zero attached hydrogens (tertiary/aromatic N) is 2. The molecule has 2 aromatic rings. The fraction of sp³-hybridized carbons (Fsp3) is 0.591. The van der Waals surface area contributed by atoms with Crippen LogP contribution >= 0.6 is 0 Å². The second-order valence-corrected chi connectivity index (χ2v) is 7.86. The third-order valence-corrected chi connectivity index (χ3v) is 5.29. The van der Waals surface area contributed by atoms with Crippen molar-refractivity contribution in [1.82, 2.24) is 9.88 Å². The van der Waals surface area contributed by atoms with E-state index in [-0.39, 0.29) is 0 Å². The number of methoxy groups -OCH3 is 1. The van der Waals surface area contributed by atoms with Gasteiger partial charge in [-0.25, -0.2) is 0 Å². The summed E-state index contributed by atoms with van der Waals surface area (Å²) >= 11 is 0. The maximum Gasteiger partial charge on any atom is 0.121 e. The molecule has 1 N–H and O–H groups in total. The van der Waals surface area contributed by atoms with E-state index in [2.05, 4.69) is 41.2 Å². The molecular formula is C22H33N3O.